The molecule has 0 aromatic heterocycles. The van der Waals surface area contributed by atoms with E-state index in [0.29, 0.717) is 0 Å². The molecule has 2 aromatic carbocycles. The van der Waals surface area contributed by atoms with Gasteiger partial charge in [-0.1, -0.05) is 80.4 Å². The lowest BCUT2D eigenvalue weighted by Gasteiger charge is -2.10. The second-order valence-electron chi connectivity index (χ2n) is 3.58. The van der Waals surface area contributed by atoms with Crippen LogP contribution in [0.2, 0.25) is 0 Å². The number of halogens is 2. The molecule has 0 N–H and O–H groups in total. The first-order chi connectivity index (χ1) is 7.86. The first-order valence-electron chi connectivity index (χ1n) is 5.15. The Hall–Kier alpha value is -0.600. The van der Waals surface area contributed by atoms with Crippen LogP contribution in [-0.2, 0) is 10.7 Å². The van der Waals surface area contributed by atoms with E-state index in [1.54, 1.807) is 0 Å². The van der Waals surface area contributed by atoms with Crippen molar-refractivity contribution in [3.63, 3.8) is 0 Å². The van der Waals surface area contributed by atoms with E-state index in [9.17, 15) is 0 Å². The average molecular weight is 340 g/mol. The molecule has 0 bridgehead atoms. The fourth-order valence-corrected chi connectivity index (χ4v) is 2.78. The van der Waals surface area contributed by atoms with E-state index >= 15 is 0 Å². The molecular weight excluding hydrogens is 328 g/mol. The lowest BCUT2D eigenvalue weighted by Crippen LogP contribution is -1.89. The Bertz CT molecular complexity index is 432. The molecule has 2 aromatic rings. The number of hydrogen-bond donors (Lipinski definition) is 0. The van der Waals surface area contributed by atoms with Crippen LogP contribution in [0.5, 0.6) is 0 Å². The highest BCUT2D eigenvalue weighted by molar-refractivity contribution is 9.08. The van der Waals surface area contributed by atoms with E-state index in [1.807, 2.05) is 0 Å². The van der Waals surface area contributed by atoms with Crippen molar-refractivity contribution in [1.29, 1.82) is 0 Å². The van der Waals surface area contributed by atoms with E-state index in [2.05, 4.69) is 80.4 Å². The number of hydrogen-bond acceptors (Lipinski definition) is 0. The van der Waals surface area contributed by atoms with Gasteiger partial charge in [0.15, 0.2) is 0 Å². The second-order valence-corrected chi connectivity index (χ2v) is 4.70. The summed E-state index contributed by atoms with van der Waals surface area (Å²) >= 11 is 7.08. The third kappa shape index (κ3) is 2.38. The Morgan fingerprint density at radius 2 is 1.00 bits per heavy atom. The summed E-state index contributed by atoms with van der Waals surface area (Å²) in [7, 11) is 0. The highest BCUT2D eigenvalue weighted by Gasteiger charge is 2.06. The van der Waals surface area contributed by atoms with Crippen molar-refractivity contribution in [1.82, 2.24) is 0 Å². The van der Waals surface area contributed by atoms with Crippen molar-refractivity contribution in [2.75, 3.05) is 0 Å². The van der Waals surface area contributed by atoms with Gasteiger partial charge in [0.25, 0.3) is 0 Å². The molecule has 16 heavy (non-hydrogen) atoms. The molecule has 0 aliphatic rings. The molecule has 0 nitrogen and oxygen atoms in total. The molecule has 2 rings (SSSR count). The van der Waals surface area contributed by atoms with Crippen LogP contribution in [0.4, 0.5) is 0 Å². The smallest absolute Gasteiger partial charge is 0.0289 e. The van der Waals surface area contributed by atoms with Gasteiger partial charge in [0, 0.05) is 10.7 Å². The van der Waals surface area contributed by atoms with E-state index < -0.39 is 0 Å². The van der Waals surface area contributed by atoms with E-state index in [1.165, 1.54) is 22.3 Å². The predicted octanol–water partition coefficient (Wildman–Crippen LogP) is 5.14. The minimum atomic E-state index is 0.889. The molecule has 0 amide bonds. The highest BCUT2D eigenvalue weighted by Crippen LogP contribution is 2.29. The van der Waals surface area contributed by atoms with Crippen molar-refractivity contribution >= 4 is 31.9 Å². The van der Waals surface area contributed by atoms with Gasteiger partial charge in [-0.05, 0) is 22.3 Å². The summed E-state index contributed by atoms with van der Waals surface area (Å²) in [5, 5.41) is 1.78. The fraction of sp³-hybridized carbons (Fsp3) is 0.143. The first kappa shape index (κ1) is 11.9. The zero-order valence-electron chi connectivity index (χ0n) is 8.79. The van der Waals surface area contributed by atoms with E-state index in [4.69, 9.17) is 0 Å². The van der Waals surface area contributed by atoms with Crippen molar-refractivity contribution in [3.05, 3.63) is 59.7 Å². The molecule has 0 heterocycles. The SMILES string of the molecule is BrCc1ccccc1-c1ccccc1CBr. The summed E-state index contributed by atoms with van der Waals surface area (Å²) < 4.78 is 0. The zero-order chi connectivity index (χ0) is 11.4. The van der Waals surface area contributed by atoms with Gasteiger partial charge in [-0.15, -0.1) is 0 Å². The quantitative estimate of drug-likeness (QED) is 0.679. The minimum Gasteiger partial charge on any atom is -0.0876 e. The van der Waals surface area contributed by atoms with Gasteiger partial charge in [-0.25, -0.2) is 0 Å². The molecule has 0 atom stereocenters. The summed E-state index contributed by atoms with van der Waals surface area (Å²) in [6, 6.07) is 17.0. The second kappa shape index (κ2) is 5.65. The summed E-state index contributed by atoms with van der Waals surface area (Å²) in [5.74, 6) is 0. The van der Waals surface area contributed by atoms with Crippen molar-refractivity contribution < 1.29 is 0 Å². The average Bonchev–Trinajstić information content (AvgIpc) is 2.38. The molecule has 0 radical (unpaired) electrons. The van der Waals surface area contributed by atoms with Gasteiger partial charge in [0.2, 0.25) is 0 Å². The Balaban J connectivity index is 2.58. The van der Waals surface area contributed by atoms with Gasteiger partial charge in [-0.2, -0.15) is 0 Å². The predicted molar refractivity (Wildman–Crippen MR) is 77.1 cm³/mol. The Labute approximate surface area is 113 Å². The van der Waals surface area contributed by atoms with Crippen LogP contribution in [0, 0.1) is 0 Å². The number of benzene rings is 2. The summed E-state index contributed by atoms with van der Waals surface area (Å²) in [4.78, 5) is 0. The molecule has 0 saturated carbocycles. The topological polar surface area (TPSA) is 0 Å². The van der Waals surface area contributed by atoms with Gasteiger partial charge in [0.05, 0.1) is 0 Å². The van der Waals surface area contributed by atoms with Crippen molar-refractivity contribution in [2.24, 2.45) is 0 Å². The lowest BCUT2D eigenvalue weighted by molar-refractivity contribution is 1.38. The van der Waals surface area contributed by atoms with Crippen molar-refractivity contribution in [3.8, 4) is 11.1 Å². The largest absolute Gasteiger partial charge is 0.0876 e. The first-order valence-corrected chi connectivity index (χ1v) is 7.39. The fourth-order valence-electron chi connectivity index (χ4n) is 1.80. The molecule has 0 saturated heterocycles. The number of alkyl halides is 2. The molecule has 82 valence electrons. The lowest BCUT2D eigenvalue weighted by atomic mass is 9.97. The van der Waals surface area contributed by atoms with Crippen LogP contribution in [0.15, 0.2) is 48.5 Å². The van der Waals surface area contributed by atoms with Crippen LogP contribution in [0.25, 0.3) is 11.1 Å². The van der Waals surface area contributed by atoms with Gasteiger partial charge in [0.1, 0.15) is 0 Å². The van der Waals surface area contributed by atoms with Crippen molar-refractivity contribution in [2.45, 2.75) is 10.7 Å². The normalized spacial score (nSPS) is 10.4. The molecule has 0 aliphatic carbocycles. The third-order valence-corrected chi connectivity index (χ3v) is 3.82. The van der Waals surface area contributed by atoms with Gasteiger partial charge in [-0.3, -0.25) is 0 Å². The Morgan fingerprint density at radius 1 is 0.625 bits per heavy atom. The van der Waals surface area contributed by atoms with Gasteiger partial charge < -0.3 is 0 Å². The monoisotopic (exact) mass is 338 g/mol. The van der Waals surface area contributed by atoms with Crippen LogP contribution in [-0.4, -0.2) is 0 Å². The Kier molecular flexibility index (Phi) is 4.19. The Morgan fingerprint density at radius 3 is 1.38 bits per heavy atom. The molecule has 0 fully saturated rings. The maximum Gasteiger partial charge on any atom is 0.0289 e. The summed E-state index contributed by atoms with van der Waals surface area (Å²) in [6.07, 6.45) is 0. The summed E-state index contributed by atoms with van der Waals surface area (Å²) in [5.41, 5.74) is 5.29. The maximum absolute atomic E-state index is 3.54. The number of rotatable bonds is 3. The van der Waals surface area contributed by atoms with Crippen LogP contribution in [0.3, 0.4) is 0 Å². The highest BCUT2D eigenvalue weighted by atomic mass is 79.9. The summed E-state index contributed by atoms with van der Waals surface area (Å²) in [6.45, 7) is 0. The van der Waals surface area contributed by atoms with Crippen LogP contribution < -0.4 is 0 Å². The molecule has 2 heteroatoms. The van der Waals surface area contributed by atoms with Gasteiger partial charge >= 0.3 is 0 Å². The molecule has 0 aliphatic heterocycles. The van der Waals surface area contributed by atoms with E-state index in [-0.39, 0.29) is 0 Å². The third-order valence-electron chi connectivity index (χ3n) is 2.61. The molecular formula is C14H12Br2. The van der Waals surface area contributed by atoms with Crippen LogP contribution >= 0.6 is 31.9 Å². The zero-order valence-corrected chi connectivity index (χ0v) is 12.0. The van der Waals surface area contributed by atoms with E-state index in [0.717, 1.165) is 10.7 Å². The molecule has 0 unspecified atom stereocenters. The molecule has 0 spiro atoms. The minimum absolute atomic E-state index is 0.889. The maximum atomic E-state index is 3.54. The standard InChI is InChI=1S/C14H12Br2/c15-9-11-5-1-3-7-13(11)14-8-4-2-6-12(14)10-16/h1-8H,9-10H2. The van der Waals surface area contributed by atoms with Crippen LogP contribution in [0.1, 0.15) is 11.1 Å².